The van der Waals surface area contributed by atoms with Gasteiger partial charge in [-0.2, -0.15) is 0 Å². The number of hydrogen-bond acceptors (Lipinski definition) is 3. The number of nitrogens with zero attached hydrogens (tertiary/aromatic N) is 2. The number of rotatable bonds is 2. The van der Waals surface area contributed by atoms with Crippen LogP contribution in [0.25, 0.3) is 0 Å². The first-order valence-corrected chi connectivity index (χ1v) is 4.10. The largest absolute Gasteiger partial charge is 0.292 e. The molecule has 1 fully saturated rings. The van der Waals surface area contributed by atoms with E-state index in [-0.39, 0.29) is 11.7 Å². The maximum Gasteiger partial charge on any atom is 0.185 e. The minimum Gasteiger partial charge on any atom is -0.292 e. The molecule has 1 aliphatic rings. The zero-order valence-corrected chi connectivity index (χ0v) is 6.95. The molecule has 3 nitrogen and oxygen atoms in total. The van der Waals surface area contributed by atoms with E-state index in [2.05, 4.69) is 9.97 Å². The van der Waals surface area contributed by atoms with Gasteiger partial charge in [0.25, 0.3) is 0 Å². The summed E-state index contributed by atoms with van der Waals surface area (Å²) in [4.78, 5) is 19.5. The van der Waals surface area contributed by atoms with Gasteiger partial charge in [-0.05, 0) is 19.8 Å². The molecule has 0 saturated heterocycles. The second kappa shape index (κ2) is 2.66. The van der Waals surface area contributed by atoms with E-state index in [4.69, 9.17) is 0 Å². The number of carbonyl (C=O) groups excluding carboxylic acids is 1. The monoisotopic (exact) mass is 162 g/mol. The fourth-order valence-electron chi connectivity index (χ4n) is 1.07. The summed E-state index contributed by atoms with van der Waals surface area (Å²) in [6.07, 6.45) is 5.24. The van der Waals surface area contributed by atoms with Crippen LogP contribution in [0.2, 0.25) is 0 Å². The quantitative estimate of drug-likeness (QED) is 0.617. The van der Waals surface area contributed by atoms with Crippen LogP contribution >= 0.6 is 0 Å². The lowest BCUT2D eigenvalue weighted by atomic mass is 10.2. The van der Waals surface area contributed by atoms with Crippen molar-refractivity contribution in [2.24, 2.45) is 5.92 Å². The van der Waals surface area contributed by atoms with Gasteiger partial charge in [0, 0.05) is 12.1 Å². The molecule has 12 heavy (non-hydrogen) atoms. The van der Waals surface area contributed by atoms with E-state index in [0.717, 1.165) is 18.5 Å². The lowest BCUT2D eigenvalue weighted by Gasteiger charge is -1.96. The number of aryl methyl sites for hydroxylation is 1. The van der Waals surface area contributed by atoms with Crippen LogP contribution < -0.4 is 0 Å². The highest BCUT2D eigenvalue weighted by Gasteiger charge is 2.31. The second-order valence-electron chi connectivity index (χ2n) is 3.18. The predicted octanol–water partition coefficient (Wildman–Crippen LogP) is 1.38. The van der Waals surface area contributed by atoms with Gasteiger partial charge in [-0.3, -0.25) is 9.78 Å². The van der Waals surface area contributed by atoms with Crippen molar-refractivity contribution in [3.05, 3.63) is 23.8 Å². The van der Waals surface area contributed by atoms with Gasteiger partial charge < -0.3 is 0 Å². The molecule has 0 aliphatic heterocycles. The smallest absolute Gasteiger partial charge is 0.185 e. The van der Waals surface area contributed by atoms with Crippen molar-refractivity contribution in [1.29, 1.82) is 0 Å². The topological polar surface area (TPSA) is 42.9 Å². The van der Waals surface area contributed by atoms with Crippen LogP contribution in [0.3, 0.4) is 0 Å². The van der Waals surface area contributed by atoms with E-state index in [1.165, 1.54) is 0 Å². The molecule has 1 heterocycles. The van der Waals surface area contributed by atoms with Gasteiger partial charge in [-0.25, -0.2) is 4.98 Å². The van der Waals surface area contributed by atoms with Crippen molar-refractivity contribution in [3.8, 4) is 0 Å². The van der Waals surface area contributed by atoms with Gasteiger partial charge in [0.1, 0.15) is 5.69 Å². The standard InChI is InChI=1S/C9H10N2O/c1-6-4-11-8(5-10-6)9(12)7-2-3-7/h4-5,7H,2-3H2,1H3. The molecular weight excluding hydrogens is 152 g/mol. The zero-order valence-electron chi connectivity index (χ0n) is 6.95. The van der Waals surface area contributed by atoms with E-state index in [0.29, 0.717) is 5.69 Å². The third-order valence-electron chi connectivity index (χ3n) is 1.98. The van der Waals surface area contributed by atoms with Crippen LogP contribution in [0.4, 0.5) is 0 Å². The fraction of sp³-hybridized carbons (Fsp3) is 0.444. The molecule has 1 aromatic heterocycles. The second-order valence-corrected chi connectivity index (χ2v) is 3.18. The zero-order chi connectivity index (χ0) is 8.55. The summed E-state index contributed by atoms with van der Waals surface area (Å²) in [6, 6.07) is 0. The molecular formula is C9H10N2O. The highest BCUT2D eigenvalue weighted by atomic mass is 16.1. The lowest BCUT2D eigenvalue weighted by Crippen LogP contribution is -2.04. The molecule has 1 aromatic rings. The molecule has 1 aliphatic carbocycles. The number of aromatic nitrogens is 2. The van der Waals surface area contributed by atoms with Crippen LogP contribution in [0.5, 0.6) is 0 Å². The van der Waals surface area contributed by atoms with E-state index < -0.39 is 0 Å². The molecule has 0 unspecified atom stereocenters. The first-order chi connectivity index (χ1) is 5.77. The van der Waals surface area contributed by atoms with Crippen LogP contribution in [-0.2, 0) is 0 Å². The van der Waals surface area contributed by atoms with Crippen molar-refractivity contribution in [2.45, 2.75) is 19.8 Å². The number of carbonyl (C=O) groups is 1. The van der Waals surface area contributed by atoms with Gasteiger partial charge in [0.15, 0.2) is 5.78 Å². The Labute approximate surface area is 70.9 Å². The predicted molar refractivity (Wildman–Crippen MR) is 43.8 cm³/mol. The number of ketones is 1. The Morgan fingerprint density at radius 3 is 2.67 bits per heavy atom. The van der Waals surface area contributed by atoms with E-state index >= 15 is 0 Å². The summed E-state index contributed by atoms with van der Waals surface area (Å²) in [7, 11) is 0. The molecule has 0 N–H and O–H groups in total. The maximum absolute atomic E-state index is 11.4. The van der Waals surface area contributed by atoms with Gasteiger partial charge in [0.2, 0.25) is 0 Å². The van der Waals surface area contributed by atoms with Gasteiger partial charge in [-0.1, -0.05) is 0 Å². The SMILES string of the molecule is Cc1cnc(C(=O)C2CC2)cn1. The summed E-state index contributed by atoms with van der Waals surface area (Å²) in [5, 5.41) is 0. The third-order valence-corrected chi connectivity index (χ3v) is 1.98. The highest BCUT2D eigenvalue weighted by Crippen LogP contribution is 2.31. The molecule has 0 radical (unpaired) electrons. The Morgan fingerprint density at radius 2 is 2.17 bits per heavy atom. The Bertz CT molecular complexity index is 301. The minimum absolute atomic E-state index is 0.155. The summed E-state index contributed by atoms with van der Waals surface area (Å²) >= 11 is 0. The maximum atomic E-state index is 11.4. The van der Waals surface area contributed by atoms with Crippen molar-refractivity contribution < 1.29 is 4.79 Å². The molecule has 2 rings (SSSR count). The summed E-state index contributed by atoms with van der Waals surface area (Å²) in [5.41, 5.74) is 1.37. The number of Topliss-reactive ketones (excluding diaryl/α,β-unsaturated/α-hetero) is 1. The number of hydrogen-bond donors (Lipinski definition) is 0. The van der Waals surface area contributed by atoms with Crippen LogP contribution in [0, 0.1) is 12.8 Å². The van der Waals surface area contributed by atoms with E-state index in [1.807, 2.05) is 6.92 Å². The normalized spacial score (nSPS) is 16.1. The van der Waals surface area contributed by atoms with Gasteiger partial charge in [0.05, 0.1) is 11.9 Å². The molecule has 0 spiro atoms. The first kappa shape index (κ1) is 7.40. The average molecular weight is 162 g/mol. The highest BCUT2D eigenvalue weighted by molar-refractivity contribution is 5.97. The summed E-state index contributed by atoms with van der Waals surface area (Å²) in [5.74, 6) is 0.393. The minimum atomic E-state index is 0.155. The molecule has 3 heteroatoms. The first-order valence-electron chi connectivity index (χ1n) is 4.10. The van der Waals surface area contributed by atoms with E-state index in [9.17, 15) is 4.79 Å². The Morgan fingerprint density at radius 1 is 1.42 bits per heavy atom. The van der Waals surface area contributed by atoms with Crippen LogP contribution in [-0.4, -0.2) is 15.8 Å². The Balaban J connectivity index is 2.22. The molecule has 0 bridgehead atoms. The lowest BCUT2D eigenvalue weighted by molar-refractivity contribution is 0.0962. The fourth-order valence-corrected chi connectivity index (χ4v) is 1.07. The van der Waals surface area contributed by atoms with Crippen molar-refractivity contribution in [1.82, 2.24) is 9.97 Å². The molecule has 1 saturated carbocycles. The van der Waals surface area contributed by atoms with Crippen molar-refractivity contribution >= 4 is 5.78 Å². The van der Waals surface area contributed by atoms with E-state index in [1.54, 1.807) is 12.4 Å². The Hall–Kier alpha value is -1.25. The van der Waals surface area contributed by atoms with Crippen molar-refractivity contribution in [2.75, 3.05) is 0 Å². The molecule has 0 aromatic carbocycles. The van der Waals surface area contributed by atoms with Gasteiger partial charge >= 0.3 is 0 Å². The average Bonchev–Trinajstić information content (AvgIpc) is 2.87. The third kappa shape index (κ3) is 1.35. The molecule has 0 amide bonds. The molecule has 0 atom stereocenters. The van der Waals surface area contributed by atoms with Crippen LogP contribution in [0.1, 0.15) is 29.0 Å². The van der Waals surface area contributed by atoms with Crippen LogP contribution in [0.15, 0.2) is 12.4 Å². The van der Waals surface area contributed by atoms with Gasteiger partial charge in [-0.15, -0.1) is 0 Å². The molecule has 62 valence electrons. The Kier molecular flexibility index (Phi) is 1.64. The summed E-state index contributed by atoms with van der Waals surface area (Å²) < 4.78 is 0. The summed E-state index contributed by atoms with van der Waals surface area (Å²) in [6.45, 7) is 1.86. The van der Waals surface area contributed by atoms with Crippen molar-refractivity contribution in [3.63, 3.8) is 0 Å².